The zero-order valence-electron chi connectivity index (χ0n) is 47.1. The smallest absolute Gasteiger partial charge is 0.308 e. The van der Waals surface area contributed by atoms with E-state index in [1.54, 1.807) is 0 Å². The van der Waals surface area contributed by atoms with E-state index in [0.717, 1.165) is 49.7 Å². The number of fused-ring (bicyclic) bond motifs is 10. The summed E-state index contributed by atoms with van der Waals surface area (Å²) in [5, 5.41) is 20.4. The molecule has 16 aliphatic rings. The Morgan fingerprint density at radius 1 is 0.525 bits per heavy atom. The SMILES string of the molecule is C=C1C[C@@H]2CC[C@]34C[C@@H]5O[C@H]6[C@@H](O3)[C@H]3O[C@H](CC[C@@H]3O[C@H]6[C@@H]5O4)CC(=O)O[C@@H]3[C@@H](C)[C@@H]4O[C@@H]5C[C@]6(C[C@@H]7OC8(C[C@H](C)[C@@H]9O[C@H](CC(=O)CCO)[C@H](O)C[C@@H]9O8)C[C@H](C)[C@@H]7O6)O[C@@H]5C[C@@H]4O[C@@H]3C[C@H]3O[C@@H](CC[C@@H]1O2)C[C@@H](C)C3=C. The van der Waals surface area contributed by atoms with Crippen molar-refractivity contribution in [3.05, 3.63) is 24.3 Å². The molecule has 0 radical (unpaired) electrons. The van der Waals surface area contributed by atoms with Gasteiger partial charge < -0.3 is 81.3 Å². The highest BCUT2D eigenvalue weighted by Gasteiger charge is 2.70. The molecule has 19 heteroatoms. The Kier molecular flexibility index (Phi) is 14.0. The third kappa shape index (κ3) is 9.51. The molecule has 19 nitrogen and oxygen atoms in total. The molecule has 80 heavy (non-hydrogen) atoms. The van der Waals surface area contributed by atoms with E-state index >= 15 is 0 Å². The van der Waals surface area contributed by atoms with E-state index in [9.17, 15) is 19.8 Å². The van der Waals surface area contributed by atoms with Gasteiger partial charge in [-0.1, -0.05) is 40.9 Å². The minimum Gasteiger partial charge on any atom is -0.459 e. The first kappa shape index (κ1) is 54.6. The number of hydrogen-bond donors (Lipinski definition) is 2. The molecule has 16 fully saturated rings. The monoisotopic (exact) mass is 1120 g/mol. The normalized spacial score (nSPS) is 56.9. The summed E-state index contributed by atoms with van der Waals surface area (Å²) in [6.45, 7) is 17.6. The van der Waals surface area contributed by atoms with Gasteiger partial charge in [-0.25, -0.2) is 0 Å². The molecule has 3 spiro atoms. The van der Waals surface area contributed by atoms with Crippen LogP contribution < -0.4 is 0 Å². The summed E-state index contributed by atoms with van der Waals surface area (Å²) in [6.07, 6.45) is 2.59. The largest absolute Gasteiger partial charge is 0.459 e. The summed E-state index contributed by atoms with van der Waals surface area (Å²) in [6, 6.07) is 0. The third-order valence-corrected chi connectivity index (χ3v) is 22.0. The average Bonchev–Trinajstić information content (AvgIpc) is 4.25. The summed E-state index contributed by atoms with van der Waals surface area (Å²) >= 11 is 0. The van der Waals surface area contributed by atoms with Gasteiger partial charge in [0.2, 0.25) is 0 Å². The van der Waals surface area contributed by atoms with Gasteiger partial charge in [0.1, 0.15) is 42.4 Å². The molecule has 0 amide bonds. The number of rotatable bonds is 4. The number of ether oxygens (including phenoxy) is 15. The molecule has 444 valence electrons. The molecule has 16 aliphatic heterocycles. The molecular formula is C61H86O19. The van der Waals surface area contributed by atoms with E-state index in [4.69, 9.17) is 71.1 Å². The van der Waals surface area contributed by atoms with Crippen LogP contribution in [0.4, 0.5) is 0 Å². The number of Topliss-reactive ketones (excluding diaryl/α,β-unsaturated/α-hetero) is 1. The molecule has 31 atom stereocenters. The Labute approximate surface area is 469 Å². The van der Waals surface area contributed by atoms with Gasteiger partial charge in [-0.3, -0.25) is 9.59 Å². The van der Waals surface area contributed by atoms with E-state index in [1.165, 1.54) is 0 Å². The molecule has 12 bridgehead atoms. The first-order valence-electron chi connectivity index (χ1n) is 31.2. The van der Waals surface area contributed by atoms with Crippen LogP contribution in [0.2, 0.25) is 0 Å². The molecular weight excluding hydrogens is 1040 g/mol. The quantitative estimate of drug-likeness (QED) is 0.262. The predicted octanol–water partition coefficient (Wildman–Crippen LogP) is 5.52. The molecule has 0 aliphatic carbocycles. The van der Waals surface area contributed by atoms with Gasteiger partial charge >= 0.3 is 5.97 Å². The van der Waals surface area contributed by atoms with Crippen LogP contribution in [-0.4, -0.2) is 192 Å². The van der Waals surface area contributed by atoms with Gasteiger partial charge in [0, 0.05) is 83.2 Å². The van der Waals surface area contributed by atoms with E-state index in [0.29, 0.717) is 64.2 Å². The fourth-order valence-electron chi connectivity index (χ4n) is 18.3. The fraction of sp³-hybridized carbons (Fsp3) is 0.902. The van der Waals surface area contributed by atoms with Crippen LogP contribution in [0.3, 0.4) is 0 Å². The maximum Gasteiger partial charge on any atom is 0.308 e. The summed E-state index contributed by atoms with van der Waals surface area (Å²) < 4.78 is 104. The molecule has 1 unspecified atom stereocenters. The average molecular weight is 1120 g/mol. The van der Waals surface area contributed by atoms with Crippen LogP contribution >= 0.6 is 0 Å². The van der Waals surface area contributed by atoms with Crippen LogP contribution in [-0.2, 0) is 80.6 Å². The van der Waals surface area contributed by atoms with Crippen LogP contribution in [0.1, 0.15) is 150 Å². The minimum atomic E-state index is -0.939. The Morgan fingerprint density at radius 2 is 1.20 bits per heavy atom. The Bertz CT molecular complexity index is 2410. The zero-order valence-corrected chi connectivity index (χ0v) is 47.1. The molecule has 16 saturated heterocycles. The van der Waals surface area contributed by atoms with Crippen molar-refractivity contribution < 1.29 is 90.9 Å². The van der Waals surface area contributed by atoms with E-state index in [2.05, 4.69) is 40.9 Å². The van der Waals surface area contributed by atoms with Gasteiger partial charge in [0.25, 0.3) is 0 Å². The second-order valence-corrected chi connectivity index (χ2v) is 27.7. The zero-order chi connectivity index (χ0) is 54.7. The highest BCUT2D eigenvalue weighted by atomic mass is 16.8. The number of aliphatic hydroxyl groups is 2. The van der Waals surface area contributed by atoms with Gasteiger partial charge in [-0.2, -0.15) is 0 Å². The standard InChI is InChI=1S/C61H86O19/c1-27-15-34-7-9-38-28(2)16-36(66-38)11-13-59-25-47-55(79-59)56-57(73-47)58(80-59)54-39(70-56)10-8-35(68-54)18-49(65)74-53-32(6)52-44(69-43(53)20-40(67-34)31(27)5)21-42-46(72-52)24-61(75-42)26-48-51(78-61)30(4)23-60(77-48)22-29(3)50-45(76-60)19-37(64)41(71-50)17-33(63)12-14-62/h27,29-30,32,34-48,50-58,62,64H,2,5,7-26H2,1,3-4,6H3/t27-,29+,30+,32+,34+,35-,36+,37-,38+,39+,40-,41-,42-,43-,44+,45+,46-,47+,48+,50+,51+,52+,53-,54+,55-,56+,57-,58+,59-,60?,61+/m1/s1. The maximum absolute atomic E-state index is 14.6. The summed E-state index contributed by atoms with van der Waals surface area (Å²) in [4.78, 5) is 27.0. The van der Waals surface area contributed by atoms with Gasteiger partial charge in [0.05, 0.1) is 116 Å². The molecule has 0 aromatic carbocycles. The summed E-state index contributed by atoms with van der Waals surface area (Å²) in [5.74, 6) is -3.05. The first-order valence-corrected chi connectivity index (χ1v) is 31.2. The van der Waals surface area contributed by atoms with Crippen molar-refractivity contribution in [3.8, 4) is 0 Å². The van der Waals surface area contributed by atoms with Gasteiger partial charge in [-0.15, -0.1) is 0 Å². The second-order valence-electron chi connectivity index (χ2n) is 27.7. The Balaban J connectivity index is 0.652. The molecule has 0 aromatic rings. The first-order chi connectivity index (χ1) is 38.5. The molecule has 0 saturated carbocycles. The van der Waals surface area contributed by atoms with Crippen LogP contribution in [0.15, 0.2) is 24.3 Å². The number of esters is 1. The molecule has 0 aromatic heterocycles. The van der Waals surface area contributed by atoms with Crippen molar-refractivity contribution in [1.29, 1.82) is 0 Å². The maximum atomic E-state index is 14.6. The molecule has 16 rings (SSSR count). The number of carbonyl (C=O) groups excluding carboxylic acids is 2. The van der Waals surface area contributed by atoms with E-state index in [1.807, 2.05) is 0 Å². The van der Waals surface area contributed by atoms with Crippen molar-refractivity contribution in [2.75, 3.05) is 6.61 Å². The van der Waals surface area contributed by atoms with Crippen molar-refractivity contribution in [2.45, 2.75) is 314 Å². The summed E-state index contributed by atoms with van der Waals surface area (Å²) in [7, 11) is 0. The van der Waals surface area contributed by atoms with Crippen LogP contribution in [0, 0.1) is 23.7 Å². The lowest BCUT2D eigenvalue weighted by molar-refractivity contribution is -0.371. The topological polar surface area (TPSA) is 213 Å². The van der Waals surface area contributed by atoms with Crippen LogP contribution in [0.25, 0.3) is 0 Å². The lowest BCUT2D eigenvalue weighted by Gasteiger charge is -2.54. The third-order valence-electron chi connectivity index (χ3n) is 22.0. The fourth-order valence-corrected chi connectivity index (χ4v) is 18.3. The molecule has 16 heterocycles. The highest BCUT2D eigenvalue weighted by Crippen LogP contribution is 2.58. The van der Waals surface area contributed by atoms with E-state index < -0.39 is 66.2 Å². The Hall–Kier alpha value is -2.02. The van der Waals surface area contributed by atoms with Crippen molar-refractivity contribution in [3.63, 3.8) is 0 Å². The van der Waals surface area contributed by atoms with Crippen LogP contribution in [0.5, 0.6) is 0 Å². The van der Waals surface area contributed by atoms with E-state index in [-0.39, 0.29) is 159 Å². The summed E-state index contributed by atoms with van der Waals surface area (Å²) in [5.41, 5.74) is 2.15. The van der Waals surface area contributed by atoms with Gasteiger partial charge in [0.15, 0.2) is 17.4 Å². The molecule has 2 N–H and O–H groups in total. The lowest BCUT2D eigenvalue weighted by Crippen LogP contribution is -2.62. The van der Waals surface area contributed by atoms with Gasteiger partial charge in [-0.05, 0) is 73.8 Å². The number of ketones is 1. The van der Waals surface area contributed by atoms with Crippen molar-refractivity contribution in [1.82, 2.24) is 0 Å². The predicted molar refractivity (Wildman–Crippen MR) is 277 cm³/mol. The Morgan fingerprint density at radius 3 is 2.05 bits per heavy atom. The highest BCUT2D eigenvalue weighted by molar-refractivity contribution is 5.79. The second kappa shape index (κ2) is 20.6. The number of hydrogen-bond acceptors (Lipinski definition) is 19. The van der Waals surface area contributed by atoms with Crippen molar-refractivity contribution >= 4 is 11.8 Å². The van der Waals surface area contributed by atoms with Crippen molar-refractivity contribution in [2.24, 2.45) is 23.7 Å². The number of carbonyl (C=O) groups is 2. The number of aliphatic hydroxyl groups excluding tert-OH is 2. The minimum absolute atomic E-state index is 0.0122. The lowest BCUT2D eigenvalue weighted by atomic mass is 9.78.